The summed E-state index contributed by atoms with van der Waals surface area (Å²) in [5.74, 6) is 0. The van der Waals surface area contributed by atoms with Gasteiger partial charge in [0.05, 0.1) is 11.0 Å². The average Bonchev–Trinajstić information content (AvgIpc) is 2.29. The van der Waals surface area contributed by atoms with Crippen LogP contribution in [-0.4, -0.2) is 16.6 Å². The average molecular weight is 222 g/mol. The zero-order valence-electron chi connectivity index (χ0n) is 8.35. The maximum absolute atomic E-state index is 10.5. The second-order valence-electron chi connectivity index (χ2n) is 3.11. The third-order valence-corrected chi connectivity index (χ3v) is 2.03. The minimum Gasteiger partial charge on any atom is -0.388 e. The Morgan fingerprint density at radius 3 is 3.00 bits per heavy atom. The van der Waals surface area contributed by atoms with E-state index < -0.39 is 11.0 Å². The number of benzene rings is 1. The van der Waals surface area contributed by atoms with Crippen molar-refractivity contribution in [2.24, 2.45) is 5.11 Å². The lowest BCUT2D eigenvalue weighted by atomic mass is 10.1. The zero-order chi connectivity index (χ0) is 12.0. The Kier molecular flexibility index (Phi) is 4.26. The Morgan fingerprint density at radius 1 is 1.62 bits per heavy atom. The van der Waals surface area contributed by atoms with E-state index in [1.165, 1.54) is 18.2 Å². The lowest BCUT2D eigenvalue weighted by Gasteiger charge is -2.08. The number of non-ortho nitro benzene ring substituents is 1. The fourth-order valence-electron chi connectivity index (χ4n) is 1.24. The molecule has 1 aromatic carbocycles. The third kappa shape index (κ3) is 3.23. The van der Waals surface area contributed by atoms with E-state index in [0.29, 0.717) is 5.56 Å². The Hall–Kier alpha value is -2.11. The summed E-state index contributed by atoms with van der Waals surface area (Å²) in [6.07, 6.45) is -0.615. The van der Waals surface area contributed by atoms with Crippen LogP contribution in [-0.2, 0) is 0 Å². The number of nitrogens with zero attached hydrogens (tertiary/aromatic N) is 4. The summed E-state index contributed by atoms with van der Waals surface area (Å²) in [6, 6.07) is 5.75. The first-order chi connectivity index (χ1) is 7.65. The molecular weight excluding hydrogens is 212 g/mol. The summed E-state index contributed by atoms with van der Waals surface area (Å²) in [7, 11) is 0. The number of hydrogen-bond donors (Lipinski definition) is 1. The highest BCUT2D eigenvalue weighted by Crippen LogP contribution is 2.21. The van der Waals surface area contributed by atoms with E-state index in [1.807, 2.05) is 0 Å². The van der Waals surface area contributed by atoms with Crippen LogP contribution in [0.2, 0.25) is 0 Å². The molecule has 0 saturated carbocycles. The molecule has 84 valence electrons. The fraction of sp³-hybridized carbons (Fsp3) is 0.333. The van der Waals surface area contributed by atoms with E-state index in [9.17, 15) is 15.2 Å². The molecule has 7 nitrogen and oxygen atoms in total. The van der Waals surface area contributed by atoms with Crippen LogP contribution in [0, 0.1) is 10.1 Å². The van der Waals surface area contributed by atoms with Crippen molar-refractivity contribution in [1.82, 2.24) is 0 Å². The molecule has 0 aliphatic carbocycles. The summed E-state index contributed by atoms with van der Waals surface area (Å²) in [5.41, 5.74) is 8.43. The third-order valence-electron chi connectivity index (χ3n) is 2.03. The molecule has 0 spiro atoms. The van der Waals surface area contributed by atoms with E-state index in [-0.39, 0.29) is 18.7 Å². The van der Waals surface area contributed by atoms with Crippen LogP contribution >= 0.6 is 0 Å². The minimum absolute atomic E-state index is 0.0691. The molecule has 0 aliphatic heterocycles. The van der Waals surface area contributed by atoms with Gasteiger partial charge in [0.15, 0.2) is 0 Å². The van der Waals surface area contributed by atoms with Gasteiger partial charge in [0, 0.05) is 23.6 Å². The summed E-state index contributed by atoms with van der Waals surface area (Å²) in [4.78, 5) is 12.5. The molecule has 16 heavy (non-hydrogen) atoms. The summed E-state index contributed by atoms with van der Waals surface area (Å²) >= 11 is 0. The Morgan fingerprint density at radius 2 is 2.38 bits per heavy atom. The van der Waals surface area contributed by atoms with E-state index in [2.05, 4.69) is 10.0 Å². The van der Waals surface area contributed by atoms with Crippen LogP contribution in [0.1, 0.15) is 18.1 Å². The van der Waals surface area contributed by atoms with E-state index in [1.54, 1.807) is 6.07 Å². The topological polar surface area (TPSA) is 112 Å². The van der Waals surface area contributed by atoms with Gasteiger partial charge in [0.1, 0.15) is 0 Å². The lowest BCUT2D eigenvalue weighted by molar-refractivity contribution is -0.385. The van der Waals surface area contributed by atoms with Crippen molar-refractivity contribution in [2.45, 2.75) is 12.5 Å². The van der Waals surface area contributed by atoms with Crippen molar-refractivity contribution >= 4 is 5.69 Å². The van der Waals surface area contributed by atoms with Crippen molar-refractivity contribution in [3.63, 3.8) is 0 Å². The number of nitro benzene ring substituents is 1. The van der Waals surface area contributed by atoms with Crippen LogP contribution in [0.15, 0.2) is 29.4 Å². The molecule has 7 heteroatoms. The van der Waals surface area contributed by atoms with Crippen LogP contribution < -0.4 is 0 Å². The van der Waals surface area contributed by atoms with Crippen molar-refractivity contribution in [3.8, 4) is 0 Å². The molecule has 0 radical (unpaired) electrons. The number of rotatable bonds is 5. The van der Waals surface area contributed by atoms with Gasteiger partial charge in [0.25, 0.3) is 5.69 Å². The van der Waals surface area contributed by atoms with Gasteiger partial charge in [-0.2, -0.15) is 0 Å². The van der Waals surface area contributed by atoms with Crippen LogP contribution in [0.25, 0.3) is 10.4 Å². The fourth-order valence-corrected chi connectivity index (χ4v) is 1.24. The Labute approximate surface area is 91.1 Å². The van der Waals surface area contributed by atoms with Gasteiger partial charge in [-0.3, -0.25) is 10.1 Å². The summed E-state index contributed by atoms with van der Waals surface area (Å²) in [5, 5.41) is 23.4. The van der Waals surface area contributed by atoms with Crippen molar-refractivity contribution < 1.29 is 10.0 Å². The number of aliphatic hydroxyl groups is 1. The molecule has 0 heterocycles. The van der Waals surface area contributed by atoms with Crippen LogP contribution in [0.4, 0.5) is 5.69 Å². The first-order valence-electron chi connectivity index (χ1n) is 4.58. The molecule has 1 aromatic rings. The van der Waals surface area contributed by atoms with Gasteiger partial charge >= 0.3 is 0 Å². The van der Waals surface area contributed by atoms with Crippen LogP contribution in [0.3, 0.4) is 0 Å². The van der Waals surface area contributed by atoms with Gasteiger partial charge in [-0.25, -0.2) is 0 Å². The van der Waals surface area contributed by atoms with Gasteiger partial charge in [-0.05, 0) is 17.5 Å². The Balaban J connectivity index is 2.74. The second kappa shape index (κ2) is 5.69. The van der Waals surface area contributed by atoms with Gasteiger partial charge in [0.2, 0.25) is 0 Å². The predicted octanol–water partition coefficient (Wildman–Crippen LogP) is 2.33. The molecule has 0 amide bonds. The molecule has 1 N–H and O–H groups in total. The highest BCUT2D eigenvalue weighted by atomic mass is 16.6. The highest BCUT2D eigenvalue weighted by Gasteiger charge is 2.11. The van der Waals surface area contributed by atoms with Gasteiger partial charge < -0.3 is 5.11 Å². The molecule has 0 aliphatic rings. The molecule has 1 unspecified atom stereocenters. The van der Waals surface area contributed by atoms with E-state index in [4.69, 9.17) is 5.53 Å². The van der Waals surface area contributed by atoms with Crippen molar-refractivity contribution in [2.75, 3.05) is 6.54 Å². The molecule has 1 rings (SSSR count). The lowest BCUT2D eigenvalue weighted by Crippen LogP contribution is -2.00. The minimum atomic E-state index is -0.856. The molecule has 0 bridgehead atoms. The number of azide groups is 1. The standard InChI is InChI=1S/C9H10N4O3/c10-12-11-5-4-9(14)7-2-1-3-8(6-7)13(15)16/h1-3,6,9,14H,4-5H2. The monoisotopic (exact) mass is 222 g/mol. The first kappa shape index (κ1) is 12.0. The maximum atomic E-state index is 10.5. The summed E-state index contributed by atoms with van der Waals surface area (Å²) in [6.45, 7) is 0.153. The second-order valence-corrected chi connectivity index (χ2v) is 3.11. The predicted molar refractivity (Wildman–Crippen MR) is 56.7 cm³/mol. The van der Waals surface area contributed by atoms with Crippen LogP contribution in [0.5, 0.6) is 0 Å². The molecule has 0 fully saturated rings. The zero-order valence-corrected chi connectivity index (χ0v) is 8.35. The Bertz CT molecular complexity index is 429. The summed E-state index contributed by atoms with van der Waals surface area (Å²) < 4.78 is 0. The molecule has 1 atom stereocenters. The maximum Gasteiger partial charge on any atom is 0.269 e. The number of aliphatic hydroxyl groups excluding tert-OH is 1. The van der Waals surface area contributed by atoms with Gasteiger partial charge in [-0.1, -0.05) is 17.2 Å². The van der Waals surface area contributed by atoms with Crippen molar-refractivity contribution in [3.05, 3.63) is 50.4 Å². The van der Waals surface area contributed by atoms with Crippen molar-refractivity contribution in [1.29, 1.82) is 0 Å². The SMILES string of the molecule is [N-]=[N+]=NCCC(O)c1cccc([N+](=O)[O-])c1. The molecular formula is C9H10N4O3. The largest absolute Gasteiger partial charge is 0.388 e. The number of hydrogen-bond acceptors (Lipinski definition) is 4. The quantitative estimate of drug-likeness (QED) is 0.271. The highest BCUT2D eigenvalue weighted by molar-refractivity contribution is 5.35. The number of nitro groups is 1. The normalized spacial score (nSPS) is 11.6. The van der Waals surface area contributed by atoms with Gasteiger partial charge in [-0.15, -0.1) is 0 Å². The first-order valence-corrected chi connectivity index (χ1v) is 4.58. The molecule has 0 saturated heterocycles. The van der Waals surface area contributed by atoms with E-state index >= 15 is 0 Å². The molecule has 0 aromatic heterocycles. The van der Waals surface area contributed by atoms with E-state index in [0.717, 1.165) is 0 Å². The smallest absolute Gasteiger partial charge is 0.269 e.